The third-order valence-corrected chi connectivity index (χ3v) is 9.09. The first-order valence-corrected chi connectivity index (χ1v) is 15.2. The van der Waals surface area contributed by atoms with E-state index in [1.165, 1.54) is 6.26 Å². The van der Waals surface area contributed by atoms with Crippen molar-refractivity contribution >= 4 is 33.4 Å². The number of nitrogens with zero attached hydrogens (tertiary/aromatic N) is 2. The number of nitrogens with one attached hydrogen (secondary N) is 3. The molecule has 2 heterocycles. The van der Waals surface area contributed by atoms with Gasteiger partial charge in [0.1, 0.15) is 6.04 Å². The molecule has 2 saturated heterocycles. The van der Waals surface area contributed by atoms with Crippen LogP contribution in [0.1, 0.15) is 44.1 Å². The molecule has 3 fully saturated rings. The fourth-order valence-corrected chi connectivity index (χ4v) is 7.30. The number of amides is 2. The van der Waals surface area contributed by atoms with E-state index in [1.54, 1.807) is 21.3 Å². The lowest BCUT2D eigenvalue weighted by atomic mass is 9.95. The third-order valence-electron chi connectivity index (χ3n) is 7.48. The van der Waals surface area contributed by atoms with Gasteiger partial charge in [0.05, 0.1) is 12.3 Å². The fourth-order valence-electron chi connectivity index (χ4n) is 5.71. The van der Waals surface area contributed by atoms with Crippen molar-refractivity contribution in [3.63, 3.8) is 0 Å². The Morgan fingerprint density at radius 1 is 1.11 bits per heavy atom. The van der Waals surface area contributed by atoms with Crippen LogP contribution in [0.15, 0.2) is 24.3 Å². The SMILES string of the molecule is CS(=O)(=O)N(C1CCCCC1)[C@H]1CCN(C(=O)[C@@H](Cc2ccc(Cl)cc2)NC(=O)[C@@H]2CNCCN2)C1. The topological polar surface area (TPSA) is 111 Å². The molecule has 0 aromatic heterocycles. The van der Waals surface area contributed by atoms with Gasteiger partial charge in [-0.05, 0) is 37.0 Å². The van der Waals surface area contributed by atoms with Gasteiger partial charge < -0.3 is 20.9 Å². The monoisotopic (exact) mass is 539 g/mol. The van der Waals surface area contributed by atoms with Gasteiger partial charge in [-0.3, -0.25) is 9.59 Å². The number of carbonyl (C=O) groups is 2. The van der Waals surface area contributed by atoms with Crippen molar-refractivity contribution in [2.45, 2.75) is 69.1 Å². The van der Waals surface area contributed by atoms with Crippen LogP contribution in [0.5, 0.6) is 0 Å². The van der Waals surface area contributed by atoms with Crippen LogP contribution in [-0.2, 0) is 26.0 Å². The molecule has 1 aliphatic carbocycles. The zero-order valence-electron chi connectivity index (χ0n) is 20.9. The summed E-state index contributed by atoms with van der Waals surface area (Å²) in [7, 11) is -3.41. The Balaban J connectivity index is 1.48. The van der Waals surface area contributed by atoms with Gasteiger partial charge in [0.15, 0.2) is 0 Å². The van der Waals surface area contributed by atoms with Crippen LogP contribution in [0.25, 0.3) is 0 Å². The van der Waals surface area contributed by atoms with E-state index in [-0.39, 0.29) is 23.9 Å². The Morgan fingerprint density at radius 2 is 1.83 bits per heavy atom. The predicted octanol–water partition coefficient (Wildman–Crippen LogP) is 1.12. The molecule has 0 unspecified atom stereocenters. The second-order valence-corrected chi connectivity index (χ2v) is 12.5. The van der Waals surface area contributed by atoms with Crippen molar-refractivity contribution in [2.24, 2.45) is 0 Å². The maximum Gasteiger partial charge on any atom is 0.245 e. The van der Waals surface area contributed by atoms with Crippen molar-refractivity contribution in [1.82, 2.24) is 25.2 Å². The van der Waals surface area contributed by atoms with Gasteiger partial charge in [0.2, 0.25) is 21.8 Å². The smallest absolute Gasteiger partial charge is 0.245 e. The molecule has 0 spiro atoms. The predicted molar refractivity (Wildman–Crippen MR) is 140 cm³/mol. The molecule has 2 amide bonds. The zero-order chi connectivity index (χ0) is 25.7. The second kappa shape index (κ2) is 12.2. The zero-order valence-corrected chi connectivity index (χ0v) is 22.5. The summed E-state index contributed by atoms with van der Waals surface area (Å²) in [6.07, 6.45) is 7.16. The van der Waals surface area contributed by atoms with E-state index in [2.05, 4.69) is 16.0 Å². The lowest BCUT2D eigenvalue weighted by Gasteiger charge is -2.36. The van der Waals surface area contributed by atoms with Crippen LogP contribution in [0, 0.1) is 0 Å². The van der Waals surface area contributed by atoms with Gasteiger partial charge in [-0.15, -0.1) is 0 Å². The highest BCUT2D eigenvalue weighted by atomic mass is 35.5. The molecule has 1 aromatic carbocycles. The highest BCUT2D eigenvalue weighted by Gasteiger charge is 2.40. The molecule has 3 aliphatic rings. The first-order valence-electron chi connectivity index (χ1n) is 13.0. The van der Waals surface area contributed by atoms with Gasteiger partial charge in [0, 0.05) is 56.3 Å². The number of hydrogen-bond acceptors (Lipinski definition) is 6. The molecule has 200 valence electrons. The van der Waals surface area contributed by atoms with Gasteiger partial charge in [-0.1, -0.05) is 43.0 Å². The summed E-state index contributed by atoms with van der Waals surface area (Å²) < 4.78 is 27.2. The van der Waals surface area contributed by atoms with Crippen LogP contribution < -0.4 is 16.0 Å². The first-order chi connectivity index (χ1) is 17.2. The number of hydrogen-bond donors (Lipinski definition) is 3. The van der Waals surface area contributed by atoms with Crippen molar-refractivity contribution in [3.8, 4) is 0 Å². The Bertz CT molecular complexity index is 1010. The molecule has 3 atom stereocenters. The summed E-state index contributed by atoms with van der Waals surface area (Å²) in [4.78, 5) is 28.4. The number of sulfonamides is 1. The highest BCUT2D eigenvalue weighted by molar-refractivity contribution is 7.88. The summed E-state index contributed by atoms with van der Waals surface area (Å²) in [5.41, 5.74) is 0.892. The minimum atomic E-state index is -3.41. The average molecular weight is 540 g/mol. The van der Waals surface area contributed by atoms with Gasteiger partial charge >= 0.3 is 0 Å². The summed E-state index contributed by atoms with van der Waals surface area (Å²) in [5.74, 6) is -0.396. The Morgan fingerprint density at radius 3 is 2.47 bits per heavy atom. The van der Waals surface area contributed by atoms with E-state index in [0.29, 0.717) is 44.0 Å². The van der Waals surface area contributed by atoms with Crippen molar-refractivity contribution in [3.05, 3.63) is 34.9 Å². The number of benzene rings is 1. The van der Waals surface area contributed by atoms with Gasteiger partial charge in [0.25, 0.3) is 0 Å². The van der Waals surface area contributed by atoms with E-state index in [4.69, 9.17) is 11.6 Å². The minimum absolute atomic E-state index is 0.00300. The highest BCUT2D eigenvalue weighted by Crippen LogP contribution is 2.30. The lowest BCUT2D eigenvalue weighted by Crippen LogP contribution is -2.59. The standard InChI is InChI=1S/C25H38ClN5O4S/c1-36(34,35)31(20-5-3-2-4-6-20)21-11-14-30(17-21)25(33)22(15-18-7-9-19(26)10-8-18)29-24(32)23-16-27-12-13-28-23/h7-10,20-23,27-28H,2-6,11-17H2,1H3,(H,29,32)/t21-,22+,23-/m0/s1. The average Bonchev–Trinajstić information content (AvgIpc) is 3.34. The molecular weight excluding hydrogens is 502 g/mol. The molecule has 11 heteroatoms. The van der Waals surface area contributed by atoms with E-state index >= 15 is 0 Å². The van der Waals surface area contributed by atoms with E-state index in [9.17, 15) is 18.0 Å². The maximum absolute atomic E-state index is 13.7. The minimum Gasteiger partial charge on any atom is -0.343 e. The third kappa shape index (κ3) is 6.98. The Hall–Kier alpha value is -1.72. The molecule has 4 rings (SSSR count). The van der Waals surface area contributed by atoms with Crippen molar-refractivity contribution in [1.29, 1.82) is 0 Å². The molecular formula is C25H38ClN5O4S. The Labute approximate surface area is 219 Å². The first kappa shape index (κ1) is 27.3. The van der Waals surface area contributed by atoms with Gasteiger partial charge in [-0.25, -0.2) is 8.42 Å². The van der Waals surface area contributed by atoms with Crippen molar-refractivity contribution in [2.75, 3.05) is 39.0 Å². The molecule has 3 N–H and O–H groups in total. The van der Waals surface area contributed by atoms with Crippen LogP contribution >= 0.6 is 11.6 Å². The van der Waals surface area contributed by atoms with E-state index < -0.39 is 22.1 Å². The quantitative estimate of drug-likeness (QED) is 0.457. The molecule has 0 radical (unpaired) electrons. The molecule has 9 nitrogen and oxygen atoms in total. The lowest BCUT2D eigenvalue weighted by molar-refractivity contribution is -0.136. The number of carbonyl (C=O) groups excluding carboxylic acids is 2. The normalized spacial score (nSPS) is 24.6. The molecule has 0 bridgehead atoms. The summed E-state index contributed by atoms with van der Waals surface area (Å²) in [6, 6.07) is 5.87. The summed E-state index contributed by atoms with van der Waals surface area (Å²) >= 11 is 6.03. The van der Waals surface area contributed by atoms with Crippen LogP contribution in [-0.4, -0.2) is 92.6 Å². The van der Waals surface area contributed by atoms with Crippen molar-refractivity contribution < 1.29 is 18.0 Å². The molecule has 2 aliphatic heterocycles. The number of likely N-dealkylation sites (tertiary alicyclic amines) is 1. The van der Waals surface area contributed by atoms with E-state index in [1.807, 2.05) is 12.1 Å². The largest absolute Gasteiger partial charge is 0.343 e. The number of piperazine rings is 1. The maximum atomic E-state index is 13.7. The summed E-state index contributed by atoms with van der Waals surface area (Å²) in [5, 5.41) is 9.96. The summed E-state index contributed by atoms with van der Waals surface area (Å²) in [6.45, 7) is 2.80. The van der Waals surface area contributed by atoms with Crippen LogP contribution in [0.3, 0.4) is 0 Å². The van der Waals surface area contributed by atoms with Gasteiger partial charge in [-0.2, -0.15) is 4.31 Å². The molecule has 1 aromatic rings. The molecule has 36 heavy (non-hydrogen) atoms. The number of halogens is 1. The fraction of sp³-hybridized carbons (Fsp3) is 0.680. The van der Waals surface area contributed by atoms with E-state index in [0.717, 1.165) is 44.2 Å². The molecule has 1 saturated carbocycles. The second-order valence-electron chi connectivity index (χ2n) is 10.2. The van der Waals surface area contributed by atoms with Crippen LogP contribution in [0.4, 0.5) is 0 Å². The number of rotatable bonds is 8. The Kier molecular flexibility index (Phi) is 9.27. The van der Waals surface area contributed by atoms with Crippen LogP contribution in [0.2, 0.25) is 5.02 Å².